The number of aromatic nitrogens is 2. The second-order valence-corrected chi connectivity index (χ2v) is 9.74. The fraction of sp³-hybridized carbons (Fsp3) is 0.286. The Balaban J connectivity index is 1.80. The third kappa shape index (κ3) is 5.09. The fourth-order valence-corrected chi connectivity index (χ4v) is 4.19. The van der Waals surface area contributed by atoms with Gasteiger partial charge in [-0.05, 0) is 59.7 Å². The van der Waals surface area contributed by atoms with Gasteiger partial charge < -0.3 is 15.2 Å². The van der Waals surface area contributed by atoms with Crippen LogP contribution in [-0.2, 0) is 4.79 Å². The standard InChI is InChI=1S/C28H29F2N3O3/c1-28(2,3)27(35)32-23(16-34)26(18-6-12-25(36-4)22(30)14-18)17-5-11-24-19(13-17)15-31-33(24)21-9-7-20(29)8-10-21/h5-15,23,26,34H,16H2,1-4H3,(H,32,35)/t23-,26-/m1/s1. The first-order valence-electron chi connectivity index (χ1n) is 11.6. The van der Waals surface area contributed by atoms with Crippen LogP contribution >= 0.6 is 0 Å². The van der Waals surface area contributed by atoms with Crippen LogP contribution in [0.5, 0.6) is 5.75 Å². The Morgan fingerprint density at radius 2 is 1.72 bits per heavy atom. The van der Waals surface area contributed by atoms with Crippen LogP contribution in [-0.4, -0.2) is 40.6 Å². The quantitative estimate of drug-likeness (QED) is 0.381. The molecule has 0 saturated carbocycles. The van der Waals surface area contributed by atoms with Crippen LogP contribution in [0.4, 0.5) is 8.78 Å². The third-order valence-electron chi connectivity index (χ3n) is 6.15. The van der Waals surface area contributed by atoms with E-state index in [1.807, 2.05) is 18.2 Å². The molecule has 3 aromatic carbocycles. The molecule has 8 heteroatoms. The lowest BCUT2D eigenvalue weighted by atomic mass is 9.83. The van der Waals surface area contributed by atoms with Crippen molar-refractivity contribution < 1.29 is 23.4 Å². The molecule has 0 bridgehead atoms. The number of nitrogens with zero attached hydrogens (tertiary/aromatic N) is 2. The Bertz CT molecular complexity index is 1380. The molecule has 0 aliphatic heterocycles. The molecule has 0 radical (unpaired) electrons. The monoisotopic (exact) mass is 493 g/mol. The van der Waals surface area contributed by atoms with Gasteiger partial charge in [-0.1, -0.05) is 32.9 Å². The summed E-state index contributed by atoms with van der Waals surface area (Å²) in [7, 11) is 1.39. The van der Waals surface area contributed by atoms with E-state index >= 15 is 0 Å². The minimum atomic E-state index is -0.714. The van der Waals surface area contributed by atoms with Crippen LogP contribution in [0.25, 0.3) is 16.6 Å². The summed E-state index contributed by atoms with van der Waals surface area (Å²) in [5.74, 6) is -1.55. The molecule has 0 saturated heterocycles. The summed E-state index contributed by atoms with van der Waals surface area (Å²) in [6.45, 7) is 5.01. The zero-order valence-corrected chi connectivity index (χ0v) is 20.6. The minimum Gasteiger partial charge on any atom is -0.494 e. The summed E-state index contributed by atoms with van der Waals surface area (Å²) in [4.78, 5) is 12.8. The van der Waals surface area contributed by atoms with Crippen LogP contribution in [0.3, 0.4) is 0 Å². The molecule has 1 aromatic heterocycles. The van der Waals surface area contributed by atoms with Crippen LogP contribution < -0.4 is 10.1 Å². The van der Waals surface area contributed by atoms with E-state index < -0.39 is 23.2 Å². The van der Waals surface area contributed by atoms with Gasteiger partial charge in [0.05, 0.1) is 37.2 Å². The topological polar surface area (TPSA) is 76.4 Å². The zero-order valence-electron chi connectivity index (χ0n) is 20.6. The third-order valence-corrected chi connectivity index (χ3v) is 6.15. The van der Waals surface area contributed by atoms with Gasteiger partial charge in [-0.25, -0.2) is 13.5 Å². The second kappa shape index (κ2) is 10.1. The molecule has 4 aromatic rings. The number of fused-ring (bicyclic) bond motifs is 1. The Kier molecular flexibility index (Phi) is 7.08. The normalized spacial score (nSPS) is 13.4. The molecule has 36 heavy (non-hydrogen) atoms. The number of hydrogen-bond acceptors (Lipinski definition) is 4. The number of carbonyl (C=O) groups excluding carboxylic acids is 1. The number of ether oxygens (including phenoxy) is 1. The number of halogens is 2. The molecular formula is C28H29F2N3O3. The highest BCUT2D eigenvalue weighted by Gasteiger charge is 2.31. The number of benzene rings is 3. The lowest BCUT2D eigenvalue weighted by Crippen LogP contribution is -2.46. The Labute approximate surface area is 208 Å². The molecule has 0 spiro atoms. The molecule has 0 aliphatic carbocycles. The van der Waals surface area contributed by atoms with E-state index in [1.165, 1.54) is 31.4 Å². The SMILES string of the molecule is COc1ccc([C@@H](c2ccc3c(cnn3-c3ccc(F)cc3)c2)[C@@H](CO)NC(=O)C(C)(C)C)cc1F. The van der Waals surface area contributed by atoms with Crippen LogP contribution in [0.2, 0.25) is 0 Å². The average Bonchev–Trinajstić information content (AvgIpc) is 3.27. The predicted octanol–water partition coefficient (Wildman–Crippen LogP) is 4.97. The summed E-state index contributed by atoms with van der Waals surface area (Å²) < 4.78 is 34.8. The maximum Gasteiger partial charge on any atom is 0.225 e. The van der Waals surface area contributed by atoms with Gasteiger partial charge in [0.25, 0.3) is 0 Å². The van der Waals surface area contributed by atoms with Crippen LogP contribution in [0.15, 0.2) is 66.9 Å². The summed E-state index contributed by atoms with van der Waals surface area (Å²) in [6, 6.07) is 15.6. The number of rotatable bonds is 7. The molecule has 0 aliphatic rings. The maximum absolute atomic E-state index is 14.7. The van der Waals surface area contributed by atoms with E-state index in [-0.39, 0.29) is 24.1 Å². The number of methoxy groups -OCH3 is 1. The van der Waals surface area contributed by atoms with Crippen LogP contribution in [0, 0.1) is 17.0 Å². The number of carbonyl (C=O) groups is 1. The molecule has 0 unspecified atom stereocenters. The number of aliphatic hydroxyl groups excluding tert-OH is 1. The van der Waals surface area contributed by atoms with E-state index in [9.17, 15) is 18.7 Å². The molecule has 0 fully saturated rings. The van der Waals surface area contributed by atoms with E-state index in [0.717, 1.165) is 16.5 Å². The van der Waals surface area contributed by atoms with Crippen LogP contribution in [0.1, 0.15) is 37.8 Å². The van der Waals surface area contributed by atoms with E-state index in [1.54, 1.807) is 49.8 Å². The van der Waals surface area contributed by atoms with Gasteiger partial charge in [0.1, 0.15) is 5.82 Å². The largest absolute Gasteiger partial charge is 0.494 e. The Morgan fingerprint density at radius 1 is 1.06 bits per heavy atom. The van der Waals surface area contributed by atoms with Crippen molar-refractivity contribution in [3.63, 3.8) is 0 Å². The van der Waals surface area contributed by atoms with Gasteiger partial charge in [0, 0.05) is 16.7 Å². The zero-order chi connectivity index (χ0) is 26.0. The van der Waals surface area contributed by atoms with Crippen molar-refractivity contribution in [1.29, 1.82) is 0 Å². The number of hydrogen-bond donors (Lipinski definition) is 2. The molecule has 2 atom stereocenters. The highest BCUT2D eigenvalue weighted by Crippen LogP contribution is 2.34. The van der Waals surface area contributed by atoms with Crippen molar-refractivity contribution in [2.75, 3.05) is 13.7 Å². The smallest absolute Gasteiger partial charge is 0.225 e. The summed E-state index contributed by atoms with van der Waals surface area (Å²) in [6.07, 6.45) is 1.69. The lowest BCUT2D eigenvalue weighted by Gasteiger charge is -2.30. The van der Waals surface area contributed by atoms with E-state index in [0.29, 0.717) is 11.3 Å². The van der Waals surface area contributed by atoms with Gasteiger partial charge in [0.2, 0.25) is 5.91 Å². The van der Waals surface area contributed by atoms with Crippen molar-refractivity contribution in [1.82, 2.24) is 15.1 Å². The first-order valence-corrected chi connectivity index (χ1v) is 11.6. The molecule has 188 valence electrons. The highest BCUT2D eigenvalue weighted by molar-refractivity contribution is 5.83. The van der Waals surface area contributed by atoms with Crippen molar-refractivity contribution in [3.8, 4) is 11.4 Å². The molecule has 2 N–H and O–H groups in total. The summed E-state index contributed by atoms with van der Waals surface area (Å²) in [5.41, 5.74) is 2.16. The number of nitrogens with one attached hydrogen (secondary N) is 1. The van der Waals surface area contributed by atoms with Crippen molar-refractivity contribution >= 4 is 16.8 Å². The first-order chi connectivity index (χ1) is 17.1. The molecule has 1 heterocycles. The lowest BCUT2D eigenvalue weighted by molar-refractivity contribution is -0.129. The molecular weight excluding hydrogens is 464 g/mol. The molecule has 1 amide bonds. The van der Waals surface area contributed by atoms with E-state index in [2.05, 4.69) is 10.4 Å². The predicted molar refractivity (Wildman–Crippen MR) is 134 cm³/mol. The average molecular weight is 494 g/mol. The minimum absolute atomic E-state index is 0.104. The Hall–Kier alpha value is -3.78. The summed E-state index contributed by atoms with van der Waals surface area (Å²) >= 11 is 0. The van der Waals surface area contributed by atoms with Crippen molar-refractivity contribution in [2.24, 2.45) is 5.41 Å². The van der Waals surface area contributed by atoms with Gasteiger partial charge >= 0.3 is 0 Å². The van der Waals surface area contributed by atoms with Crippen molar-refractivity contribution in [3.05, 3.63) is 89.6 Å². The van der Waals surface area contributed by atoms with Crippen molar-refractivity contribution in [2.45, 2.75) is 32.7 Å². The number of amides is 1. The van der Waals surface area contributed by atoms with Gasteiger partial charge in [-0.15, -0.1) is 0 Å². The fourth-order valence-electron chi connectivity index (χ4n) is 4.19. The van der Waals surface area contributed by atoms with E-state index in [4.69, 9.17) is 4.74 Å². The second-order valence-electron chi connectivity index (χ2n) is 9.74. The van der Waals surface area contributed by atoms with Gasteiger partial charge in [0.15, 0.2) is 11.6 Å². The maximum atomic E-state index is 14.7. The van der Waals surface area contributed by atoms with Gasteiger partial charge in [-0.3, -0.25) is 4.79 Å². The summed E-state index contributed by atoms with van der Waals surface area (Å²) in [5, 5.41) is 18.5. The Morgan fingerprint density at radius 3 is 2.33 bits per heavy atom. The molecule has 6 nitrogen and oxygen atoms in total. The number of aliphatic hydroxyl groups is 1. The first kappa shape index (κ1) is 25.3. The molecule has 4 rings (SSSR count). The van der Waals surface area contributed by atoms with Gasteiger partial charge in [-0.2, -0.15) is 5.10 Å². The highest BCUT2D eigenvalue weighted by atomic mass is 19.1.